The number of nitrogens with one attached hydrogen (secondary N) is 2. The molecule has 0 aromatic heterocycles. The topological polar surface area (TPSA) is 94.7 Å². The van der Waals surface area contributed by atoms with Crippen LogP contribution in [0.5, 0.6) is 5.75 Å². The third kappa shape index (κ3) is 3.85. The highest BCUT2D eigenvalue weighted by Crippen LogP contribution is 2.20. The molecule has 24 heavy (non-hydrogen) atoms. The highest BCUT2D eigenvalue weighted by molar-refractivity contribution is 5.95. The number of hydrogen-bond donors (Lipinski definition) is 3. The molecule has 1 aromatic rings. The Morgan fingerprint density at radius 1 is 1.33 bits per heavy atom. The van der Waals surface area contributed by atoms with Gasteiger partial charge >= 0.3 is 0 Å². The first-order valence-corrected chi connectivity index (χ1v) is 8.35. The Morgan fingerprint density at radius 3 is 2.79 bits per heavy atom. The van der Waals surface area contributed by atoms with Crippen molar-refractivity contribution in [2.24, 2.45) is 5.73 Å². The van der Waals surface area contributed by atoms with E-state index in [4.69, 9.17) is 15.9 Å². The average Bonchev–Trinajstić information content (AvgIpc) is 3.03. The summed E-state index contributed by atoms with van der Waals surface area (Å²) in [7, 11) is 2.08. The molecule has 0 aliphatic carbocycles. The van der Waals surface area contributed by atoms with E-state index >= 15 is 0 Å². The van der Waals surface area contributed by atoms with E-state index in [1.165, 1.54) is 0 Å². The van der Waals surface area contributed by atoms with Crippen LogP contribution >= 0.6 is 0 Å². The van der Waals surface area contributed by atoms with Gasteiger partial charge in [0.05, 0.1) is 6.04 Å². The monoisotopic (exact) mass is 331 g/mol. The van der Waals surface area contributed by atoms with E-state index in [0.717, 1.165) is 26.2 Å². The van der Waals surface area contributed by atoms with Gasteiger partial charge in [-0.15, -0.1) is 0 Å². The number of nitrogens with zero attached hydrogens (tertiary/aromatic N) is 2. The SMILES string of the molecule is CN1CCN(C(=O)[C@@H]2C[C@@H](Oc3cccc(C(=N)N)c3)CN2)CC1. The molecule has 2 fully saturated rings. The second kappa shape index (κ2) is 7.19. The lowest BCUT2D eigenvalue weighted by molar-refractivity contribution is -0.134. The second-order valence-corrected chi connectivity index (χ2v) is 6.51. The Kier molecular flexibility index (Phi) is 5.01. The predicted molar refractivity (Wildman–Crippen MR) is 92.4 cm³/mol. The fourth-order valence-corrected chi connectivity index (χ4v) is 3.16. The molecule has 1 aromatic carbocycles. The standard InChI is InChI=1S/C17H25N5O2/c1-21-5-7-22(8-6-21)17(23)15-10-14(11-20-15)24-13-4-2-3-12(9-13)16(18)19/h2-4,9,14-15,20H,5-8,10-11H2,1H3,(H3,18,19)/t14-,15+/m1/s1. The molecule has 7 nitrogen and oxygen atoms in total. The van der Waals surface area contributed by atoms with Gasteiger partial charge in [0.25, 0.3) is 0 Å². The van der Waals surface area contributed by atoms with Crippen LogP contribution in [0.4, 0.5) is 0 Å². The van der Waals surface area contributed by atoms with Gasteiger partial charge in [0, 0.05) is 44.7 Å². The summed E-state index contributed by atoms with van der Waals surface area (Å²) in [6.07, 6.45) is 0.615. The van der Waals surface area contributed by atoms with Crippen LogP contribution in [0.25, 0.3) is 0 Å². The van der Waals surface area contributed by atoms with Crippen molar-refractivity contribution in [1.29, 1.82) is 5.41 Å². The Morgan fingerprint density at radius 2 is 2.08 bits per heavy atom. The minimum absolute atomic E-state index is 0.0214. The predicted octanol–water partition coefficient (Wildman–Crippen LogP) is -0.146. The maximum Gasteiger partial charge on any atom is 0.239 e. The summed E-state index contributed by atoms with van der Waals surface area (Å²) in [6, 6.07) is 7.04. The number of likely N-dealkylation sites (N-methyl/N-ethyl adjacent to an activating group) is 1. The van der Waals surface area contributed by atoms with E-state index in [1.807, 2.05) is 17.0 Å². The van der Waals surface area contributed by atoms with Crippen LogP contribution in [-0.2, 0) is 4.79 Å². The van der Waals surface area contributed by atoms with Gasteiger partial charge in [0.15, 0.2) is 0 Å². The van der Waals surface area contributed by atoms with Crippen LogP contribution in [0.15, 0.2) is 24.3 Å². The zero-order chi connectivity index (χ0) is 17.1. The second-order valence-electron chi connectivity index (χ2n) is 6.51. The first-order valence-electron chi connectivity index (χ1n) is 8.35. The molecule has 2 heterocycles. The van der Waals surface area contributed by atoms with Gasteiger partial charge in [0.2, 0.25) is 5.91 Å². The number of carbonyl (C=O) groups excluding carboxylic acids is 1. The molecular weight excluding hydrogens is 306 g/mol. The molecule has 1 amide bonds. The molecule has 0 bridgehead atoms. The summed E-state index contributed by atoms with van der Waals surface area (Å²) in [5.41, 5.74) is 6.15. The van der Waals surface area contributed by atoms with Gasteiger partial charge in [-0.25, -0.2) is 0 Å². The van der Waals surface area contributed by atoms with Gasteiger partial charge in [-0.3, -0.25) is 10.2 Å². The van der Waals surface area contributed by atoms with Crippen LogP contribution < -0.4 is 15.8 Å². The lowest BCUT2D eigenvalue weighted by Crippen LogP contribution is -2.52. The van der Waals surface area contributed by atoms with Crippen molar-refractivity contribution in [2.45, 2.75) is 18.6 Å². The van der Waals surface area contributed by atoms with Crippen molar-refractivity contribution in [3.8, 4) is 5.75 Å². The van der Waals surface area contributed by atoms with Crippen molar-refractivity contribution in [2.75, 3.05) is 39.8 Å². The first kappa shape index (κ1) is 16.7. The van der Waals surface area contributed by atoms with Crippen molar-refractivity contribution in [3.05, 3.63) is 29.8 Å². The van der Waals surface area contributed by atoms with Gasteiger partial charge < -0.3 is 25.6 Å². The lowest BCUT2D eigenvalue weighted by Gasteiger charge is -2.33. The van der Waals surface area contributed by atoms with Crippen LogP contribution in [0.1, 0.15) is 12.0 Å². The number of ether oxygens (including phenoxy) is 1. The van der Waals surface area contributed by atoms with E-state index in [9.17, 15) is 4.79 Å². The maximum atomic E-state index is 12.6. The van der Waals surface area contributed by atoms with Gasteiger partial charge in [-0.05, 0) is 19.2 Å². The highest BCUT2D eigenvalue weighted by atomic mass is 16.5. The molecule has 7 heteroatoms. The number of nitrogen functional groups attached to an aromatic ring is 1. The Balaban J connectivity index is 1.54. The summed E-state index contributed by atoms with van der Waals surface area (Å²) in [5, 5.41) is 10.8. The fraction of sp³-hybridized carbons (Fsp3) is 0.529. The highest BCUT2D eigenvalue weighted by Gasteiger charge is 2.34. The van der Waals surface area contributed by atoms with Gasteiger partial charge in [-0.2, -0.15) is 0 Å². The summed E-state index contributed by atoms with van der Waals surface area (Å²) >= 11 is 0. The number of nitrogens with two attached hydrogens (primary N) is 1. The molecule has 0 spiro atoms. The number of hydrogen-bond acceptors (Lipinski definition) is 5. The van der Waals surface area contributed by atoms with Crippen molar-refractivity contribution >= 4 is 11.7 Å². The molecule has 0 unspecified atom stereocenters. The molecule has 2 aliphatic rings. The summed E-state index contributed by atoms with van der Waals surface area (Å²) in [4.78, 5) is 16.8. The van der Waals surface area contributed by atoms with E-state index < -0.39 is 0 Å². The quantitative estimate of drug-likeness (QED) is 0.527. The minimum Gasteiger partial charge on any atom is -0.489 e. The molecule has 2 aliphatic heterocycles. The number of amidine groups is 1. The summed E-state index contributed by atoms with van der Waals surface area (Å²) < 4.78 is 5.96. The smallest absolute Gasteiger partial charge is 0.239 e. The zero-order valence-electron chi connectivity index (χ0n) is 14.0. The summed E-state index contributed by atoms with van der Waals surface area (Å²) in [5.74, 6) is 0.877. The van der Waals surface area contributed by atoms with Crippen molar-refractivity contribution in [3.63, 3.8) is 0 Å². The van der Waals surface area contributed by atoms with E-state index in [-0.39, 0.29) is 23.9 Å². The normalized spacial score (nSPS) is 24.8. The molecule has 130 valence electrons. The molecule has 4 N–H and O–H groups in total. The molecule has 0 saturated carbocycles. The third-order valence-corrected chi connectivity index (χ3v) is 4.65. The largest absolute Gasteiger partial charge is 0.489 e. The molecule has 2 atom stereocenters. The molecule has 0 radical (unpaired) electrons. The Labute approximate surface area is 142 Å². The molecule has 2 saturated heterocycles. The molecule has 3 rings (SSSR count). The van der Waals surface area contributed by atoms with Crippen LogP contribution in [-0.4, -0.2) is 73.5 Å². The Hall–Kier alpha value is -2.12. The number of amides is 1. The number of rotatable bonds is 4. The molecular formula is C17H25N5O2. The van der Waals surface area contributed by atoms with Crippen LogP contribution in [0.3, 0.4) is 0 Å². The van der Waals surface area contributed by atoms with Crippen molar-refractivity contribution in [1.82, 2.24) is 15.1 Å². The zero-order valence-corrected chi connectivity index (χ0v) is 14.0. The first-order chi connectivity index (χ1) is 11.5. The third-order valence-electron chi connectivity index (χ3n) is 4.65. The maximum absolute atomic E-state index is 12.6. The Bertz CT molecular complexity index is 613. The van der Waals surface area contributed by atoms with Gasteiger partial charge in [0.1, 0.15) is 17.7 Å². The van der Waals surface area contributed by atoms with E-state index in [1.54, 1.807) is 12.1 Å². The van der Waals surface area contributed by atoms with Gasteiger partial charge in [-0.1, -0.05) is 12.1 Å². The van der Waals surface area contributed by atoms with Crippen molar-refractivity contribution < 1.29 is 9.53 Å². The van der Waals surface area contributed by atoms with E-state index in [2.05, 4.69) is 17.3 Å². The number of piperazine rings is 1. The fourth-order valence-electron chi connectivity index (χ4n) is 3.16. The number of benzene rings is 1. The summed E-state index contributed by atoms with van der Waals surface area (Å²) in [6.45, 7) is 4.08. The number of carbonyl (C=O) groups is 1. The minimum atomic E-state index is -0.172. The average molecular weight is 331 g/mol. The van der Waals surface area contributed by atoms with E-state index in [0.29, 0.717) is 24.3 Å². The van der Waals surface area contributed by atoms with Crippen LogP contribution in [0, 0.1) is 5.41 Å². The van der Waals surface area contributed by atoms with Crippen LogP contribution in [0.2, 0.25) is 0 Å². The lowest BCUT2D eigenvalue weighted by atomic mass is 10.1.